The lowest BCUT2D eigenvalue weighted by Crippen LogP contribution is -2.61. The van der Waals surface area contributed by atoms with Crippen LogP contribution in [0.3, 0.4) is 0 Å². The number of carboxylic acid groups (broad SMARTS) is 1. The highest BCUT2D eigenvalue weighted by Gasteiger charge is 2.54. The number of hydrogen-bond donors (Lipinski definition) is 1. The summed E-state index contributed by atoms with van der Waals surface area (Å²) in [4.78, 5) is 23.1. The van der Waals surface area contributed by atoms with E-state index in [1.165, 1.54) is 29.2 Å². The summed E-state index contributed by atoms with van der Waals surface area (Å²) in [5.74, 6) is -1.34. The molecular formula is C7H7NO4S. The lowest BCUT2D eigenvalue weighted by Gasteiger charge is -2.40. The van der Waals surface area contributed by atoms with Crippen LogP contribution in [0.4, 0.5) is 0 Å². The Morgan fingerprint density at radius 3 is 3.00 bits per heavy atom. The molecule has 1 unspecified atom stereocenters. The van der Waals surface area contributed by atoms with Crippen molar-refractivity contribution < 1.29 is 19.4 Å². The van der Waals surface area contributed by atoms with Gasteiger partial charge >= 0.3 is 5.97 Å². The lowest BCUT2D eigenvalue weighted by molar-refractivity contribution is -0.161. The first kappa shape index (κ1) is 8.58. The number of carboxylic acids is 1. The minimum atomic E-state index is -1.07. The number of thioether (sulfide) groups is 1. The average molecular weight is 201 g/mol. The summed E-state index contributed by atoms with van der Waals surface area (Å²) in [7, 11) is 1.44. The molecular weight excluding hydrogens is 194 g/mol. The maximum atomic E-state index is 11.3. The van der Waals surface area contributed by atoms with Crippen LogP contribution in [0.1, 0.15) is 0 Å². The molecule has 0 spiro atoms. The molecule has 2 aliphatic heterocycles. The molecule has 1 amide bonds. The molecule has 0 aromatic rings. The molecule has 5 nitrogen and oxygen atoms in total. The summed E-state index contributed by atoms with van der Waals surface area (Å²) in [6.45, 7) is 0. The number of rotatable bonds is 2. The Kier molecular flexibility index (Phi) is 1.81. The van der Waals surface area contributed by atoms with E-state index < -0.39 is 12.1 Å². The van der Waals surface area contributed by atoms with Crippen molar-refractivity contribution in [2.75, 3.05) is 7.11 Å². The van der Waals surface area contributed by atoms with Crippen LogP contribution in [-0.4, -0.2) is 40.5 Å². The Hall–Kier alpha value is -1.01. The van der Waals surface area contributed by atoms with Gasteiger partial charge in [0.2, 0.25) is 0 Å². The molecule has 1 N–H and O–H groups in total. The Labute approximate surface area is 78.3 Å². The monoisotopic (exact) mass is 201 g/mol. The molecule has 1 fully saturated rings. The molecule has 2 atom stereocenters. The summed E-state index contributed by atoms with van der Waals surface area (Å²) in [5.41, 5.74) is 0.0494. The molecule has 1 saturated heterocycles. The average Bonchev–Trinajstić information content (AvgIpc) is 2.45. The van der Waals surface area contributed by atoms with E-state index in [2.05, 4.69) is 0 Å². The van der Waals surface area contributed by atoms with Crippen LogP contribution in [0.2, 0.25) is 0 Å². The van der Waals surface area contributed by atoms with Crippen LogP contribution in [0.25, 0.3) is 0 Å². The van der Waals surface area contributed by atoms with Gasteiger partial charge in [-0.25, -0.2) is 4.79 Å². The van der Waals surface area contributed by atoms with E-state index in [-0.39, 0.29) is 17.0 Å². The third-order valence-corrected chi connectivity index (χ3v) is 3.14. The van der Waals surface area contributed by atoms with Gasteiger partial charge in [-0.3, -0.25) is 9.69 Å². The SMILES string of the molecule is COC1C(=O)N2C(C(=O)O)=CS[C@@H]12. The molecule has 13 heavy (non-hydrogen) atoms. The maximum Gasteiger partial charge on any atom is 0.353 e. The Bertz CT molecular complexity index is 314. The highest BCUT2D eigenvalue weighted by Crippen LogP contribution is 2.42. The fourth-order valence-electron chi connectivity index (χ4n) is 1.39. The molecule has 0 radical (unpaired) electrons. The van der Waals surface area contributed by atoms with Crippen molar-refractivity contribution in [3.63, 3.8) is 0 Å². The van der Waals surface area contributed by atoms with E-state index >= 15 is 0 Å². The van der Waals surface area contributed by atoms with Crippen LogP contribution in [-0.2, 0) is 14.3 Å². The Morgan fingerprint density at radius 1 is 1.77 bits per heavy atom. The number of nitrogens with zero attached hydrogens (tertiary/aromatic N) is 1. The van der Waals surface area contributed by atoms with Crippen LogP contribution >= 0.6 is 11.8 Å². The summed E-state index contributed by atoms with van der Waals surface area (Å²) in [6, 6.07) is 0. The zero-order chi connectivity index (χ0) is 9.59. The molecule has 0 bridgehead atoms. The first-order valence-corrected chi connectivity index (χ1v) is 4.56. The quantitative estimate of drug-likeness (QED) is 0.629. The van der Waals surface area contributed by atoms with Crippen molar-refractivity contribution in [1.29, 1.82) is 0 Å². The van der Waals surface area contributed by atoms with Crippen LogP contribution in [0.5, 0.6) is 0 Å². The van der Waals surface area contributed by atoms with Gasteiger partial charge in [0.1, 0.15) is 11.1 Å². The van der Waals surface area contributed by atoms with Gasteiger partial charge in [-0.2, -0.15) is 0 Å². The van der Waals surface area contributed by atoms with Crippen molar-refractivity contribution in [3.8, 4) is 0 Å². The van der Waals surface area contributed by atoms with E-state index in [1.54, 1.807) is 0 Å². The lowest BCUT2D eigenvalue weighted by atomic mass is 10.1. The summed E-state index contributed by atoms with van der Waals surface area (Å²) in [6.07, 6.45) is -0.488. The van der Waals surface area contributed by atoms with Gasteiger partial charge in [-0.15, -0.1) is 11.8 Å². The predicted molar refractivity (Wildman–Crippen MR) is 44.7 cm³/mol. The van der Waals surface area contributed by atoms with E-state index in [0.717, 1.165) is 0 Å². The van der Waals surface area contributed by atoms with Crippen molar-refractivity contribution in [2.24, 2.45) is 0 Å². The van der Waals surface area contributed by atoms with Crippen LogP contribution in [0.15, 0.2) is 11.1 Å². The molecule has 0 aromatic heterocycles. The molecule has 2 aliphatic rings. The number of methoxy groups -OCH3 is 1. The largest absolute Gasteiger partial charge is 0.477 e. The summed E-state index contributed by atoms with van der Waals surface area (Å²) >= 11 is 1.30. The minimum Gasteiger partial charge on any atom is -0.477 e. The molecule has 0 aromatic carbocycles. The highest BCUT2D eigenvalue weighted by atomic mass is 32.2. The second-order valence-electron chi connectivity index (χ2n) is 2.70. The van der Waals surface area contributed by atoms with Crippen molar-refractivity contribution in [1.82, 2.24) is 4.90 Å². The third kappa shape index (κ3) is 0.988. The number of β-lactam (4-membered cyclic amide) rings is 1. The number of aliphatic carboxylic acids is 1. The molecule has 2 rings (SSSR count). The first-order valence-electron chi connectivity index (χ1n) is 3.61. The van der Waals surface area contributed by atoms with Gasteiger partial charge < -0.3 is 9.84 Å². The molecule has 0 aliphatic carbocycles. The van der Waals surface area contributed by atoms with Crippen molar-refractivity contribution in [2.45, 2.75) is 11.5 Å². The van der Waals surface area contributed by atoms with E-state index in [0.29, 0.717) is 0 Å². The van der Waals surface area contributed by atoms with Gasteiger partial charge in [0, 0.05) is 12.5 Å². The molecule has 70 valence electrons. The number of amides is 1. The second-order valence-corrected chi connectivity index (χ2v) is 3.69. The van der Waals surface area contributed by atoms with Gasteiger partial charge in [0.25, 0.3) is 5.91 Å². The van der Waals surface area contributed by atoms with E-state index in [9.17, 15) is 9.59 Å². The topological polar surface area (TPSA) is 66.8 Å². The number of carbonyl (C=O) groups excluding carboxylic acids is 1. The number of ether oxygens (including phenoxy) is 1. The number of hydrogen-bond acceptors (Lipinski definition) is 4. The van der Waals surface area contributed by atoms with Gasteiger partial charge in [-0.05, 0) is 0 Å². The summed E-state index contributed by atoms with van der Waals surface area (Å²) in [5, 5.41) is 9.99. The third-order valence-electron chi connectivity index (χ3n) is 2.05. The van der Waals surface area contributed by atoms with Crippen LogP contribution < -0.4 is 0 Å². The van der Waals surface area contributed by atoms with Gasteiger partial charge in [0.15, 0.2) is 6.10 Å². The molecule has 6 heteroatoms. The van der Waals surface area contributed by atoms with E-state index in [1.807, 2.05) is 0 Å². The van der Waals surface area contributed by atoms with Crippen LogP contribution in [0, 0.1) is 0 Å². The smallest absolute Gasteiger partial charge is 0.353 e. The molecule has 0 saturated carbocycles. The summed E-state index contributed by atoms with van der Waals surface area (Å²) < 4.78 is 4.90. The minimum absolute atomic E-state index is 0.0494. The number of carbonyl (C=O) groups is 2. The fourth-order valence-corrected chi connectivity index (χ4v) is 2.58. The zero-order valence-corrected chi connectivity index (χ0v) is 7.58. The van der Waals surface area contributed by atoms with Crippen molar-refractivity contribution >= 4 is 23.6 Å². The normalized spacial score (nSPS) is 31.0. The fraction of sp³-hybridized carbons (Fsp3) is 0.429. The zero-order valence-electron chi connectivity index (χ0n) is 6.76. The maximum absolute atomic E-state index is 11.3. The Balaban J connectivity index is 2.18. The number of fused-ring (bicyclic) bond motifs is 1. The standard InChI is InChI=1S/C7H7NO4S/c1-12-4-5(9)8-3(7(10)11)2-13-6(4)8/h2,4,6H,1H3,(H,10,11)/t4?,6-/m0/s1. The highest BCUT2D eigenvalue weighted by molar-refractivity contribution is 8.03. The molecule has 2 heterocycles. The second kappa shape index (κ2) is 2.74. The predicted octanol–water partition coefficient (Wildman–Crippen LogP) is -0.158. The Morgan fingerprint density at radius 2 is 2.46 bits per heavy atom. The first-order chi connectivity index (χ1) is 6.16. The van der Waals surface area contributed by atoms with E-state index in [4.69, 9.17) is 9.84 Å². The van der Waals surface area contributed by atoms with Gasteiger partial charge in [-0.1, -0.05) is 0 Å². The van der Waals surface area contributed by atoms with Gasteiger partial charge in [0.05, 0.1) is 0 Å². The van der Waals surface area contributed by atoms with Crippen molar-refractivity contribution in [3.05, 3.63) is 11.1 Å².